The highest BCUT2D eigenvalue weighted by molar-refractivity contribution is 7.99. The van der Waals surface area contributed by atoms with Crippen molar-refractivity contribution in [3.05, 3.63) is 33.9 Å². The monoisotopic (exact) mass is 307 g/mol. The summed E-state index contributed by atoms with van der Waals surface area (Å²) in [5.74, 6) is -0.0401. The molecule has 0 radical (unpaired) electrons. The molecule has 0 aliphatic carbocycles. The van der Waals surface area contributed by atoms with Gasteiger partial charge < -0.3 is 5.11 Å². The zero-order valence-corrected chi connectivity index (χ0v) is 11.5. The fraction of sp³-hybridized carbons (Fsp3) is 0.400. The molecule has 19 heavy (non-hydrogen) atoms. The predicted octanol–water partition coefficient (Wildman–Crippen LogP) is 1.46. The van der Waals surface area contributed by atoms with E-state index in [9.17, 15) is 18.5 Å². The molecule has 0 amide bonds. The van der Waals surface area contributed by atoms with E-state index in [-0.39, 0.29) is 24.5 Å². The first-order valence-electron chi connectivity index (χ1n) is 5.29. The van der Waals surface area contributed by atoms with Crippen molar-refractivity contribution in [2.24, 2.45) is 0 Å². The Kier molecular flexibility index (Phi) is 5.73. The Balaban J connectivity index is 2.70. The molecular weight excluding hydrogens is 294 g/mol. The fourth-order valence-electron chi connectivity index (χ4n) is 1.35. The van der Waals surface area contributed by atoms with E-state index in [1.165, 1.54) is 12.1 Å². The highest BCUT2D eigenvalue weighted by Gasteiger charge is 2.15. The molecule has 0 saturated heterocycles. The van der Waals surface area contributed by atoms with Crippen LogP contribution < -0.4 is 0 Å². The number of nitro benzene ring substituents is 1. The van der Waals surface area contributed by atoms with E-state index in [4.69, 9.17) is 9.66 Å². The predicted molar refractivity (Wildman–Crippen MR) is 70.8 cm³/mol. The Morgan fingerprint density at radius 2 is 2.05 bits per heavy atom. The lowest BCUT2D eigenvalue weighted by Crippen LogP contribution is -2.04. The molecule has 9 heteroatoms. The van der Waals surface area contributed by atoms with E-state index in [1.54, 1.807) is 6.07 Å². The van der Waals surface area contributed by atoms with E-state index < -0.39 is 15.0 Å². The molecule has 1 rings (SSSR count). The van der Waals surface area contributed by atoms with Gasteiger partial charge in [0.15, 0.2) is 0 Å². The topological polar surface area (TPSA) is 118 Å². The van der Waals surface area contributed by atoms with Gasteiger partial charge in [-0.1, -0.05) is 6.07 Å². The second-order valence-corrected chi connectivity index (χ2v) is 6.41. The molecule has 0 bridgehead atoms. The molecule has 0 saturated carbocycles. The van der Waals surface area contributed by atoms with E-state index in [1.807, 2.05) is 0 Å². The van der Waals surface area contributed by atoms with Crippen molar-refractivity contribution in [2.75, 3.05) is 11.5 Å². The van der Waals surface area contributed by atoms with E-state index >= 15 is 0 Å². The SMILES string of the molecule is O=[N+]([O-])c1cc(CO)ccc1SCCCS(=O)(=O)O. The number of hydrogen-bond donors (Lipinski definition) is 2. The fourth-order valence-corrected chi connectivity index (χ4v) is 3.00. The van der Waals surface area contributed by atoms with Gasteiger partial charge in [0, 0.05) is 6.07 Å². The van der Waals surface area contributed by atoms with Crippen LogP contribution in [0.25, 0.3) is 0 Å². The van der Waals surface area contributed by atoms with Gasteiger partial charge in [0.25, 0.3) is 15.8 Å². The number of rotatable bonds is 7. The van der Waals surface area contributed by atoms with Crippen LogP contribution >= 0.6 is 11.8 Å². The normalized spacial score (nSPS) is 11.5. The first-order chi connectivity index (χ1) is 8.83. The molecular formula is C10H13NO6S2. The second-order valence-electron chi connectivity index (χ2n) is 3.71. The zero-order chi connectivity index (χ0) is 14.5. The van der Waals surface area contributed by atoms with Crippen LogP contribution in [-0.4, -0.2) is 34.5 Å². The lowest BCUT2D eigenvalue weighted by Gasteiger charge is -2.04. The van der Waals surface area contributed by atoms with Crippen molar-refractivity contribution in [3.8, 4) is 0 Å². The number of aliphatic hydroxyl groups is 1. The van der Waals surface area contributed by atoms with Crippen molar-refractivity contribution in [2.45, 2.75) is 17.9 Å². The molecule has 106 valence electrons. The molecule has 0 fully saturated rings. The molecule has 0 unspecified atom stereocenters. The summed E-state index contributed by atoms with van der Waals surface area (Å²) in [7, 11) is -4.00. The van der Waals surface area contributed by atoms with Crippen LogP contribution in [0.5, 0.6) is 0 Å². The molecule has 0 aromatic heterocycles. The first kappa shape index (κ1) is 15.9. The Labute approximate surface area is 114 Å². The maximum absolute atomic E-state index is 10.9. The maximum atomic E-state index is 10.9. The lowest BCUT2D eigenvalue weighted by atomic mass is 10.2. The zero-order valence-electron chi connectivity index (χ0n) is 9.85. The third-order valence-electron chi connectivity index (χ3n) is 2.21. The Bertz CT molecular complexity index is 557. The smallest absolute Gasteiger partial charge is 0.283 e. The quantitative estimate of drug-likeness (QED) is 0.257. The third-order valence-corrected chi connectivity index (χ3v) is 4.16. The van der Waals surface area contributed by atoms with Crippen molar-refractivity contribution in [1.29, 1.82) is 0 Å². The van der Waals surface area contributed by atoms with Crippen LogP contribution in [0.4, 0.5) is 5.69 Å². The molecule has 0 heterocycles. The molecule has 1 aromatic rings. The molecule has 2 N–H and O–H groups in total. The largest absolute Gasteiger partial charge is 0.392 e. The summed E-state index contributed by atoms with van der Waals surface area (Å²) in [6.45, 7) is -0.283. The maximum Gasteiger partial charge on any atom is 0.283 e. The molecule has 0 aliphatic rings. The number of thioether (sulfide) groups is 1. The molecule has 1 aromatic carbocycles. The number of nitrogens with zero attached hydrogens (tertiary/aromatic N) is 1. The van der Waals surface area contributed by atoms with Crippen LogP contribution in [0.2, 0.25) is 0 Å². The van der Waals surface area contributed by atoms with Gasteiger partial charge in [-0.2, -0.15) is 8.42 Å². The summed E-state index contributed by atoms with van der Waals surface area (Å²) in [6.07, 6.45) is 0.197. The summed E-state index contributed by atoms with van der Waals surface area (Å²) >= 11 is 1.14. The number of nitro groups is 1. The third kappa shape index (κ3) is 5.55. The van der Waals surface area contributed by atoms with Crippen molar-refractivity contribution in [3.63, 3.8) is 0 Å². The van der Waals surface area contributed by atoms with Crippen LogP contribution in [0.15, 0.2) is 23.1 Å². The Hall–Kier alpha value is -1.16. The van der Waals surface area contributed by atoms with Gasteiger partial charge in [-0.3, -0.25) is 14.7 Å². The Morgan fingerprint density at radius 3 is 2.58 bits per heavy atom. The van der Waals surface area contributed by atoms with E-state index in [2.05, 4.69) is 0 Å². The van der Waals surface area contributed by atoms with E-state index in [0.29, 0.717) is 16.2 Å². The van der Waals surface area contributed by atoms with Crippen LogP contribution in [0.1, 0.15) is 12.0 Å². The van der Waals surface area contributed by atoms with Gasteiger partial charge in [-0.15, -0.1) is 11.8 Å². The number of aliphatic hydroxyl groups excluding tert-OH is 1. The van der Waals surface area contributed by atoms with Gasteiger partial charge in [-0.25, -0.2) is 0 Å². The summed E-state index contributed by atoms with van der Waals surface area (Å²) < 4.78 is 29.6. The van der Waals surface area contributed by atoms with Gasteiger partial charge in [0.05, 0.1) is 22.2 Å². The Morgan fingerprint density at radius 1 is 1.37 bits per heavy atom. The number of hydrogen-bond acceptors (Lipinski definition) is 6. The van der Waals surface area contributed by atoms with Gasteiger partial charge in [0.2, 0.25) is 0 Å². The van der Waals surface area contributed by atoms with Crippen LogP contribution in [-0.2, 0) is 16.7 Å². The summed E-state index contributed by atoms with van der Waals surface area (Å²) in [5.41, 5.74) is 0.317. The van der Waals surface area contributed by atoms with E-state index in [0.717, 1.165) is 11.8 Å². The minimum Gasteiger partial charge on any atom is -0.392 e. The summed E-state index contributed by atoms with van der Waals surface area (Å²) in [6, 6.07) is 4.37. The van der Waals surface area contributed by atoms with Crippen molar-refractivity contribution in [1.82, 2.24) is 0 Å². The second kappa shape index (κ2) is 6.85. The van der Waals surface area contributed by atoms with Crippen molar-refractivity contribution >= 4 is 27.6 Å². The highest BCUT2D eigenvalue weighted by atomic mass is 32.2. The van der Waals surface area contributed by atoms with Crippen LogP contribution in [0, 0.1) is 10.1 Å². The highest BCUT2D eigenvalue weighted by Crippen LogP contribution is 2.30. The standard InChI is InChI=1S/C10H13NO6S2/c12-7-8-2-3-10(9(6-8)11(13)14)18-4-1-5-19(15,16)17/h2-3,6,12H,1,4-5,7H2,(H,15,16,17). The van der Waals surface area contributed by atoms with Crippen molar-refractivity contribution < 1.29 is 23.0 Å². The van der Waals surface area contributed by atoms with Gasteiger partial charge in [-0.05, 0) is 23.8 Å². The molecule has 0 atom stereocenters. The number of benzene rings is 1. The first-order valence-corrected chi connectivity index (χ1v) is 7.89. The molecule has 0 spiro atoms. The molecule has 7 nitrogen and oxygen atoms in total. The average Bonchev–Trinajstić information content (AvgIpc) is 2.33. The minimum atomic E-state index is -4.00. The van der Waals surface area contributed by atoms with Crippen LogP contribution in [0.3, 0.4) is 0 Å². The van der Waals surface area contributed by atoms with Gasteiger partial charge >= 0.3 is 0 Å². The molecule has 0 aliphatic heterocycles. The summed E-state index contributed by atoms with van der Waals surface area (Å²) in [4.78, 5) is 10.7. The summed E-state index contributed by atoms with van der Waals surface area (Å²) in [5, 5.41) is 19.8. The van der Waals surface area contributed by atoms with Gasteiger partial charge in [0.1, 0.15) is 0 Å². The minimum absolute atomic E-state index is 0.122. The average molecular weight is 307 g/mol. The lowest BCUT2D eigenvalue weighted by molar-refractivity contribution is -0.387.